The van der Waals surface area contributed by atoms with Crippen LogP contribution in [-0.2, 0) is 22.4 Å². The standard InChI is InChI=1S/C22H21ClN6O2/c1-3-15-10-18-19(24-12-15)8-9-28(22(18)14(2)30)21(31)7-4-16-11-17(23)5-6-20(16)29-13-25-26-27-29/h4-7,10-13,22H,3,8-9H2,1-2H3. The van der Waals surface area contributed by atoms with E-state index in [-0.39, 0.29) is 11.7 Å². The molecule has 3 aromatic rings. The van der Waals surface area contributed by atoms with E-state index in [0.717, 1.165) is 23.2 Å². The highest BCUT2D eigenvalue weighted by Crippen LogP contribution is 2.31. The monoisotopic (exact) mass is 436 g/mol. The molecule has 1 aliphatic heterocycles. The maximum atomic E-state index is 13.1. The molecule has 9 heteroatoms. The smallest absolute Gasteiger partial charge is 0.247 e. The van der Waals surface area contributed by atoms with E-state index in [9.17, 15) is 9.59 Å². The molecule has 4 rings (SSSR count). The number of ketones is 1. The summed E-state index contributed by atoms with van der Waals surface area (Å²) < 4.78 is 1.49. The zero-order valence-corrected chi connectivity index (χ0v) is 18.0. The minimum atomic E-state index is -0.641. The molecule has 1 aliphatic rings. The Morgan fingerprint density at radius 2 is 2.13 bits per heavy atom. The second-order valence-corrected chi connectivity index (χ2v) is 7.76. The number of benzene rings is 1. The van der Waals surface area contributed by atoms with Gasteiger partial charge in [0.25, 0.3) is 0 Å². The van der Waals surface area contributed by atoms with Gasteiger partial charge in [0.05, 0.1) is 5.69 Å². The number of hydrogen-bond acceptors (Lipinski definition) is 6. The Hall–Kier alpha value is -3.39. The number of carbonyl (C=O) groups excluding carboxylic acids is 2. The maximum Gasteiger partial charge on any atom is 0.247 e. The lowest BCUT2D eigenvalue weighted by Crippen LogP contribution is -2.42. The molecule has 0 saturated heterocycles. The number of pyridine rings is 1. The van der Waals surface area contributed by atoms with Crippen LogP contribution in [0.4, 0.5) is 0 Å². The van der Waals surface area contributed by atoms with E-state index in [2.05, 4.69) is 20.5 Å². The van der Waals surface area contributed by atoms with E-state index in [4.69, 9.17) is 11.6 Å². The minimum Gasteiger partial charge on any atom is -0.325 e. The molecule has 0 bridgehead atoms. The van der Waals surface area contributed by atoms with Crippen LogP contribution in [0.5, 0.6) is 0 Å². The highest BCUT2D eigenvalue weighted by molar-refractivity contribution is 6.30. The molecule has 8 nitrogen and oxygen atoms in total. The van der Waals surface area contributed by atoms with Crippen molar-refractivity contribution in [2.24, 2.45) is 0 Å². The van der Waals surface area contributed by atoms with E-state index < -0.39 is 6.04 Å². The SMILES string of the molecule is CCc1cnc2c(c1)C(C(C)=O)N(C(=O)C=Cc1cc(Cl)ccc1-n1cnnn1)CC2. The number of fused-ring (bicyclic) bond motifs is 1. The molecule has 158 valence electrons. The van der Waals surface area contributed by atoms with Crippen LogP contribution in [0.2, 0.25) is 5.02 Å². The lowest BCUT2D eigenvalue weighted by molar-refractivity contribution is -0.136. The number of nitrogens with zero attached hydrogens (tertiary/aromatic N) is 6. The summed E-state index contributed by atoms with van der Waals surface area (Å²) in [6.45, 7) is 3.97. The predicted octanol–water partition coefficient (Wildman–Crippen LogP) is 3.00. The molecule has 0 radical (unpaired) electrons. The quantitative estimate of drug-likeness (QED) is 0.571. The third kappa shape index (κ3) is 4.25. The van der Waals surface area contributed by atoms with E-state index in [1.807, 2.05) is 19.2 Å². The Morgan fingerprint density at radius 3 is 2.84 bits per heavy atom. The van der Waals surface area contributed by atoms with Gasteiger partial charge in [0.1, 0.15) is 12.4 Å². The predicted molar refractivity (Wildman–Crippen MR) is 116 cm³/mol. The minimum absolute atomic E-state index is 0.0881. The first kappa shape index (κ1) is 20.9. The van der Waals surface area contributed by atoms with Crippen LogP contribution in [0, 0.1) is 0 Å². The molecule has 0 spiro atoms. The number of tetrazole rings is 1. The maximum absolute atomic E-state index is 13.1. The van der Waals surface area contributed by atoms with E-state index in [0.29, 0.717) is 29.2 Å². The van der Waals surface area contributed by atoms with Crippen LogP contribution in [0.15, 0.2) is 42.9 Å². The largest absolute Gasteiger partial charge is 0.325 e. The Balaban J connectivity index is 1.65. The summed E-state index contributed by atoms with van der Waals surface area (Å²) in [5.41, 5.74) is 4.10. The van der Waals surface area contributed by atoms with Gasteiger partial charge in [-0.25, -0.2) is 0 Å². The molecule has 1 unspecified atom stereocenters. The van der Waals surface area contributed by atoms with Gasteiger partial charge in [0.2, 0.25) is 5.91 Å². The number of amides is 1. The van der Waals surface area contributed by atoms with Crippen molar-refractivity contribution in [3.63, 3.8) is 0 Å². The second-order valence-electron chi connectivity index (χ2n) is 7.32. The molecule has 0 saturated carbocycles. The van der Waals surface area contributed by atoms with Gasteiger partial charge < -0.3 is 4.90 Å². The van der Waals surface area contributed by atoms with E-state index in [1.165, 1.54) is 24.0 Å². The molecule has 3 heterocycles. The van der Waals surface area contributed by atoms with Gasteiger partial charge in [-0.1, -0.05) is 18.5 Å². The molecule has 2 aromatic heterocycles. The fraction of sp³-hybridized carbons (Fsp3) is 0.273. The van der Waals surface area contributed by atoms with Gasteiger partial charge in [-0.2, -0.15) is 4.68 Å². The van der Waals surface area contributed by atoms with Crippen molar-refractivity contribution in [1.82, 2.24) is 30.1 Å². The third-order valence-electron chi connectivity index (χ3n) is 5.32. The fourth-order valence-corrected chi connectivity index (χ4v) is 3.97. The zero-order chi connectivity index (χ0) is 22.0. The van der Waals surface area contributed by atoms with Gasteiger partial charge in [0.15, 0.2) is 5.78 Å². The summed E-state index contributed by atoms with van der Waals surface area (Å²) in [5, 5.41) is 11.7. The van der Waals surface area contributed by atoms with Gasteiger partial charge in [-0.15, -0.1) is 5.10 Å². The number of rotatable bonds is 5. The summed E-state index contributed by atoms with van der Waals surface area (Å²) in [7, 11) is 0. The first-order valence-electron chi connectivity index (χ1n) is 9.97. The van der Waals surface area contributed by atoms with E-state index >= 15 is 0 Å². The number of hydrogen-bond donors (Lipinski definition) is 0. The first-order chi connectivity index (χ1) is 15.0. The molecule has 0 fully saturated rings. The Kier molecular flexibility index (Phi) is 5.90. The summed E-state index contributed by atoms with van der Waals surface area (Å²) in [4.78, 5) is 31.8. The summed E-state index contributed by atoms with van der Waals surface area (Å²) in [6.07, 6.45) is 7.85. The van der Waals surface area contributed by atoms with Crippen LogP contribution in [0.1, 0.15) is 42.3 Å². The second kappa shape index (κ2) is 8.77. The van der Waals surface area contributed by atoms with Crippen LogP contribution < -0.4 is 0 Å². The molecule has 1 amide bonds. The van der Waals surface area contributed by atoms with E-state index in [1.54, 1.807) is 29.2 Å². The van der Waals surface area contributed by atoms with Crippen LogP contribution in [0.3, 0.4) is 0 Å². The summed E-state index contributed by atoms with van der Waals surface area (Å²) in [6, 6.07) is 6.58. The average molecular weight is 437 g/mol. The average Bonchev–Trinajstić information content (AvgIpc) is 3.30. The first-order valence-corrected chi connectivity index (χ1v) is 10.4. The number of aryl methyl sites for hydroxylation is 1. The fourth-order valence-electron chi connectivity index (χ4n) is 3.79. The van der Waals surface area contributed by atoms with Crippen molar-refractivity contribution >= 4 is 29.4 Å². The van der Waals surface area contributed by atoms with Gasteiger partial charge >= 0.3 is 0 Å². The third-order valence-corrected chi connectivity index (χ3v) is 5.56. The number of aromatic nitrogens is 5. The Labute approximate surface area is 184 Å². The van der Waals surface area contributed by atoms with Gasteiger partial charge in [-0.05, 0) is 59.7 Å². The lowest BCUT2D eigenvalue weighted by atomic mass is 9.92. The van der Waals surface area contributed by atoms with Crippen LogP contribution in [-0.4, -0.2) is 48.3 Å². The molecular weight excluding hydrogens is 416 g/mol. The number of halogens is 1. The Morgan fingerprint density at radius 1 is 1.29 bits per heavy atom. The molecule has 0 N–H and O–H groups in total. The summed E-state index contributed by atoms with van der Waals surface area (Å²) in [5.74, 6) is -0.342. The van der Waals surface area contributed by atoms with Crippen LogP contribution >= 0.6 is 11.6 Å². The van der Waals surface area contributed by atoms with Crippen molar-refractivity contribution in [3.05, 3.63) is 70.3 Å². The summed E-state index contributed by atoms with van der Waals surface area (Å²) >= 11 is 6.15. The van der Waals surface area contributed by atoms with Crippen LogP contribution in [0.25, 0.3) is 11.8 Å². The lowest BCUT2D eigenvalue weighted by Gasteiger charge is -2.35. The number of Topliss-reactive ketones (excluding diaryl/α,β-unsaturated/α-hetero) is 1. The van der Waals surface area contributed by atoms with Crippen molar-refractivity contribution < 1.29 is 9.59 Å². The van der Waals surface area contributed by atoms with Crippen molar-refractivity contribution in [2.45, 2.75) is 32.7 Å². The normalized spacial score (nSPS) is 15.8. The van der Waals surface area contributed by atoms with Crippen molar-refractivity contribution in [3.8, 4) is 5.69 Å². The molecule has 0 aliphatic carbocycles. The highest BCUT2D eigenvalue weighted by Gasteiger charge is 2.33. The molecule has 31 heavy (non-hydrogen) atoms. The molecular formula is C22H21ClN6O2. The number of carbonyl (C=O) groups is 2. The van der Waals surface area contributed by atoms with Gasteiger partial charge in [0, 0.05) is 47.1 Å². The van der Waals surface area contributed by atoms with Crippen molar-refractivity contribution in [2.75, 3.05) is 6.54 Å². The topological polar surface area (TPSA) is 93.9 Å². The Bertz CT molecular complexity index is 1160. The van der Waals surface area contributed by atoms with Gasteiger partial charge in [-0.3, -0.25) is 14.6 Å². The highest BCUT2D eigenvalue weighted by atomic mass is 35.5. The zero-order valence-electron chi connectivity index (χ0n) is 17.2. The molecule has 1 atom stereocenters. The van der Waals surface area contributed by atoms with Crippen molar-refractivity contribution in [1.29, 1.82) is 0 Å². The molecule has 1 aromatic carbocycles.